The van der Waals surface area contributed by atoms with Crippen molar-refractivity contribution in [3.8, 4) is 11.5 Å². The minimum atomic E-state index is -0.00410. The van der Waals surface area contributed by atoms with Crippen LogP contribution in [-0.4, -0.2) is 19.1 Å². The molecule has 0 saturated heterocycles. The number of hydrogen-bond donors (Lipinski definition) is 1. The number of amides is 1. The number of carbonyl (C=O) groups excluding carboxylic acids is 1. The maximum atomic E-state index is 12.1. The summed E-state index contributed by atoms with van der Waals surface area (Å²) in [5, 5.41) is 5.22. The molecule has 0 radical (unpaired) electrons. The summed E-state index contributed by atoms with van der Waals surface area (Å²) in [7, 11) is 0. The van der Waals surface area contributed by atoms with Crippen LogP contribution in [-0.2, 0) is 4.79 Å². The van der Waals surface area contributed by atoms with Gasteiger partial charge in [0.2, 0.25) is 5.91 Å². The van der Waals surface area contributed by atoms with E-state index in [1.54, 1.807) is 0 Å². The van der Waals surface area contributed by atoms with Gasteiger partial charge in [0.05, 0.1) is 13.2 Å². The zero-order valence-electron chi connectivity index (χ0n) is 14.9. The van der Waals surface area contributed by atoms with Gasteiger partial charge in [-0.15, -0.1) is 0 Å². The number of carbonyl (C=O) groups is 1. The number of nitrogens with one attached hydrogen (secondary N) is 1. The highest BCUT2D eigenvalue weighted by molar-refractivity contribution is 5.94. The number of anilines is 1. The topological polar surface area (TPSA) is 47.6 Å². The predicted octanol–water partition coefficient (Wildman–Crippen LogP) is 5.04. The zero-order chi connectivity index (χ0) is 18.2. The van der Waals surface area contributed by atoms with E-state index >= 15 is 0 Å². The number of rotatable bonds is 8. The Labute approximate surface area is 153 Å². The second-order valence-electron chi connectivity index (χ2n) is 5.97. The normalized spacial score (nSPS) is 10.5. The van der Waals surface area contributed by atoms with E-state index in [4.69, 9.17) is 9.47 Å². The lowest BCUT2D eigenvalue weighted by Gasteiger charge is -2.09. The van der Waals surface area contributed by atoms with Crippen molar-refractivity contribution in [1.82, 2.24) is 0 Å². The van der Waals surface area contributed by atoms with Crippen LogP contribution in [0.25, 0.3) is 10.8 Å². The van der Waals surface area contributed by atoms with Crippen molar-refractivity contribution in [2.75, 3.05) is 18.5 Å². The molecule has 1 amide bonds. The first-order chi connectivity index (χ1) is 12.7. The molecule has 26 heavy (non-hydrogen) atoms. The molecule has 3 rings (SSSR count). The van der Waals surface area contributed by atoms with Gasteiger partial charge >= 0.3 is 0 Å². The summed E-state index contributed by atoms with van der Waals surface area (Å²) in [5.41, 5.74) is 0.820. The third kappa shape index (κ3) is 4.99. The SMILES string of the molecule is CCOc1ccc(OCCCC(=O)Nc2ccc3ccccc3c2)cc1. The van der Waals surface area contributed by atoms with Gasteiger partial charge in [-0.1, -0.05) is 30.3 Å². The predicted molar refractivity (Wildman–Crippen MR) is 105 cm³/mol. The van der Waals surface area contributed by atoms with Crippen molar-refractivity contribution >= 4 is 22.4 Å². The van der Waals surface area contributed by atoms with Gasteiger partial charge in [-0.3, -0.25) is 4.79 Å². The molecule has 0 atom stereocenters. The van der Waals surface area contributed by atoms with Crippen LogP contribution in [0.3, 0.4) is 0 Å². The Hall–Kier alpha value is -3.01. The van der Waals surface area contributed by atoms with Gasteiger partial charge < -0.3 is 14.8 Å². The third-order valence-corrected chi connectivity index (χ3v) is 3.98. The van der Waals surface area contributed by atoms with Crippen LogP contribution in [0.1, 0.15) is 19.8 Å². The van der Waals surface area contributed by atoms with Crippen molar-refractivity contribution in [3.63, 3.8) is 0 Å². The molecular weight excluding hydrogens is 326 g/mol. The molecule has 0 spiro atoms. The van der Waals surface area contributed by atoms with Gasteiger partial charge in [0, 0.05) is 12.1 Å². The standard InChI is InChI=1S/C22H23NO3/c1-2-25-20-11-13-21(14-12-20)26-15-5-8-22(24)23-19-10-9-17-6-3-4-7-18(17)16-19/h3-4,6-7,9-14,16H,2,5,8,15H2,1H3,(H,23,24). The maximum Gasteiger partial charge on any atom is 0.224 e. The average molecular weight is 349 g/mol. The molecule has 134 valence electrons. The molecule has 3 aromatic carbocycles. The van der Waals surface area contributed by atoms with Gasteiger partial charge in [0.1, 0.15) is 11.5 Å². The summed E-state index contributed by atoms with van der Waals surface area (Å²) in [4.78, 5) is 12.1. The Kier molecular flexibility index (Phi) is 6.09. The highest BCUT2D eigenvalue weighted by Crippen LogP contribution is 2.20. The Bertz CT molecular complexity index is 859. The van der Waals surface area contributed by atoms with Crippen LogP contribution in [0, 0.1) is 0 Å². The lowest BCUT2D eigenvalue weighted by molar-refractivity contribution is -0.116. The number of ether oxygens (including phenoxy) is 2. The first-order valence-corrected chi connectivity index (χ1v) is 8.89. The van der Waals surface area contributed by atoms with Gasteiger partial charge in [-0.05, 0) is 60.5 Å². The Morgan fingerprint density at radius 3 is 2.31 bits per heavy atom. The van der Waals surface area contributed by atoms with Crippen molar-refractivity contribution < 1.29 is 14.3 Å². The summed E-state index contributed by atoms with van der Waals surface area (Å²) in [6.45, 7) is 3.10. The van der Waals surface area contributed by atoms with E-state index in [-0.39, 0.29) is 5.91 Å². The molecule has 1 N–H and O–H groups in total. The van der Waals surface area contributed by atoms with Crippen molar-refractivity contribution in [1.29, 1.82) is 0 Å². The van der Waals surface area contributed by atoms with Crippen LogP contribution >= 0.6 is 0 Å². The van der Waals surface area contributed by atoms with Crippen LogP contribution in [0.15, 0.2) is 66.7 Å². The molecule has 0 aromatic heterocycles. The van der Waals surface area contributed by atoms with E-state index in [9.17, 15) is 4.79 Å². The van der Waals surface area contributed by atoms with Gasteiger partial charge in [-0.25, -0.2) is 0 Å². The van der Waals surface area contributed by atoms with E-state index in [0.717, 1.165) is 28.0 Å². The first-order valence-electron chi connectivity index (χ1n) is 8.89. The largest absolute Gasteiger partial charge is 0.494 e. The van der Waals surface area contributed by atoms with Crippen LogP contribution in [0.5, 0.6) is 11.5 Å². The molecule has 0 saturated carbocycles. The molecule has 0 aliphatic rings. The molecule has 0 aliphatic carbocycles. The smallest absolute Gasteiger partial charge is 0.224 e. The molecule has 0 bridgehead atoms. The quantitative estimate of drug-likeness (QED) is 0.580. The monoisotopic (exact) mass is 349 g/mol. The van der Waals surface area contributed by atoms with Crippen LogP contribution in [0.2, 0.25) is 0 Å². The second-order valence-corrected chi connectivity index (χ2v) is 5.97. The average Bonchev–Trinajstić information content (AvgIpc) is 2.67. The minimum absolute atomic E-state index is 0.00410. The lowest BCUT2D eigenvalue weighted by atomic mass is 10.1. The van der Waals surface area contributed by atoms with Gasteiger partial charge in [-0.2, -0.15) is 0 Å². The van der Waals surface area contributed by atoms with Crippen molar-refractivity contribution in [3.05, 3.63) is 66.7 Å². The Morgan fingerprint density at radius 1 is 0.885 bits per heavy atom. The van der Waals surface area contributed by atoms with Crippen LogP contribution in [0.4, 0.5) is 5.69 Å². The van der Waals surface area contributed by atoms with Crippen molar-refractivity contribution in [2.24, 2.45) is 0 Å². The summed E-state index contributed by atoms with van der Waals surface area (Å²) in [6, 6.07) is 21.5. The van der Waals surface area contributed by atoms with E-state index < -0.39 is 0 Å². The van der Waals surface area contributed by atoms with Crippen molar-refractivity contribution in [2.45, 2.75) is 19.8 Å². The van der Waals surface area contributed by atoms with E-state index in [0.29, 0.717) is 26.1 Å². The molecule has 0 aliphatic heterocycles. The number of fused-ring (bicyclic) bond motifs is 1. The highest BCUT2D eigenvalue weighted by atomic mass is 16.5. The molecule has 0 heterocycles. The van der Waals surface area contributed by atoms with Gasteiger partial charge in [0.25, 0.3) is 0 Å². The zero-order valence-corrected chi connectivity index (χ0v) is 14.9. The molecule has 0 unspecified atom stereocenters. The van der Waals surface area contributed by atoms with E-state index in [1.807, 2.05) is 67.6 Å². The maximum absolute atomic E-state index is 12.1. The summed E-state index contributed by atoms with van der Waals surface area (Å²) < 4.78 is 11.1. The third-order valence-electron chi connectivity index (χ3n) is 3.98. The number of hydrogen-bond acceptors (Lipinski definition) is 3. The first kappa shape index (κ1) is 17.8. The van der Waals surface area contributed by atoms with Gasteiger partial charge in [0.15, 0.2) is 0 Å². The lowest BCUT2D eigenvalue weighted by Crippen LogP contribution is -2.12. The number of benzene rings is 3. The summed E-state index contributed by atoms with van der Waals surface area (Å²) in [6.07, 6.45) is 1.08. The fraction of sp³-hybridized carbons (Fsp3) is 0.227. The summed E-state index contributed by atoms with van der Waals surface area (Å²) in [5.74, 6) is 1.61. The molecule has 4 nitrogen and oxygen atoms in total. The van der Waals surface area contributed by atoms with Crippen LogP contribution < -0.4 is 14.8 Å². The minimum Gasteiger partial charge on any atom is -0.494 e. The Morgan fingerprint density at radius 2 is 1.58 bits per heavy atom. The molecule has 0 fully saturated rings. The second kappa shape index (κ2) is 8.90. The van der Waals surface area contributed by atoms with E-state index in [2.05, 4.69) is 11.4 Å². The summed E-state index contributed by atoms with van der Waals surface area (Å²) >= 11 is 0. The van der Waals surface area contributed by atoms with E-state index in [1.165, 1.54) is 0 Å². The molecule has 4 heteroatoms. The fourth-order valence-corrected chi connectivity index (χ4v) is 2.71. The fourth-order valence-electron chi connectivity index (χ4n) is 2.71. The Balaban J connectivity index is 1.42. The molecular formula is C22H23NO3. The molecule has 3 aromatic rings. The highest BCUT2D eigenvalue weighted by Gasteiger charge is 2.04.